The van der Waals surface area contributed by atoms with Gasteiger partial charge < -0.3 is 19.8 Å². The van der Waals surface area contributed by atoms with E-state index in [-0.39, 0.29) is 18.7 Å². The number of carbonyl (C=O) groups excluding carboxylic acids is 1. The van der Waals surface area contributed by atoms with Crippen molar-refractivity contribution in [3.8, 4) is 0 Å². The number of amides is 2. The van der Waals surface area contributed by atoms with E-state index in [1.54, 1.807) is 0 Å². The zero-order valence-electron chi connectivity index (χ0n) is 12.8. The molecular weight excluding hydrogens is 270 g/mol. The molecule has 1 fully saturated rings. The quantitative estimate of drug-likeness (QED) is 0.873. The topological polar surface area (TPSA) is 78.6 Å². The molecule has 0 radical (unpaired) electrons. The second-order valence-corrected chi connectivity index (χ2v) is 5.89. The zero-order chi connectivity index (χ0) is 15.2. The van der Waals surface area contributed by atoms with Gasteiger partial charge in [0.25, 0.3) is 0 Å². The molecule has 1 aromatic heterocycles. The Kier molecular flexibility index (Phi) is 5.61. The van der Waals surface area contributed by atoms with Gasteiger partial charge in [-0.1, -0.05) is 19.0 Å². The summed E-state index contributed by atoms with van der Waals surface area (Å²) in [5, 5.41) is 16.0. The van der Waals surface area contributed by atoms with Crippen LogP contribution in [0.5, 0.6) is 0 Å². The summed E-state index contributed by atoms with van der Waals surface area (Å²) in [7, 11) is 0. The second-order valence-electron chi connectivity index (χ2n) is 5.89. The average molecular weight is 295 g/mol. The number of nitrogens with zero attached hydrogens (tertiary/aromatic N) is 2. The van der Waals surface area contributed by atoms with Crippen molar-refractivity contribution in [1.82, 2.24) is 15.4 Å². The van der Waals surface area contributed by atoms with Gasteiger partial charge in [0.1, 0.15) is 0 Å². The van der Waals surface area contributed by atoms with Crippen LogP contribution in [0.25, 0.3) is 0 Å². The molecule has 1 aliphatic rings. The molecule has 0 aliphatic carbocycles. The molecule has 1 unspecified atom stereocenters. The molecule has 6 heteroatoms. The Morgan fingerprint density at radius 3 is 3.05 bits per heavy atom. The number of piperidine rings is 1. The lowest BCUT2D eigenvalue weighted by Gasteiger charge is -2.35. The molecule has 21 heavy (non-hydrogen) atoms. The number of carbonyl (C=O) groups is 1. The predicted octanol–water partition coefficient (Wildman–Crippen LogP) is 2.24. The lowest BCUT2D eigenvalue weighted by atomic mass is 10.0. The first-order valence-corrected chi connectivity index (χ1v) is 7.72. The minimum atomic E-state index is -0.0874. The van der Waals surface area contributed by atoms with E-state index in [2.05, 4.69) is 10.5 Å². The molecule has 0 aromatic carbocycles. The van der Waals surface area contributed by atoms with Gasteiger partial charge in [-0.2, -0.15) is 0 Å². The Hall–Kier alpha value is -1.56. The van der Waals surface area contributed by atoms with Crippen molar-refractivity contribution in [2.24, 2.45) is 0 Å². The van der Waals surface area contributed by atoms with Crippen molar-refractivity contribution in [2.45, 2.75) is 58.0 Å². The number of urea groups is 1. The molecule has 1 aliphatic heterocycles. The van der Waals surface area contributed by atoms with Crippen molar-refractivity contribution in [3.05, 3.63) is 17.5 Å². The van der Waals surface area contributed by atoms with E-state index < -0.39 is 0 Å². The molecule has 2 N–H and O–H groups in total. The molecular formula is C15H25N3O3. The number of aliphatic hydroxyl groups excluding tert-OH is 1. The van der Waals surface area contributed by atoms with Crippen LogP contribution in [-0.2, 0) is 6.54 Å². The highest BCUT2D eigenvalue weighted by molar-refractivity contribution is 5.74. The fourth-order valence-corrected chi connectivity index (χ4v) is 2.67. The molecule has 1 atom stereocenters. The minimum Gasteiger partial charge on any atom is -0.396 e. The summed E-state index contributed by atoms with van der Waals surface area (Å²) in [5.74, 6) is 0.983. The Bertz CT molecular complexity index is 457. The molecule has 118 valence electrons. The minimum absolute atomic E-state index is 0.0874. The lowest BCUT2D eigenvalue weighted by molar-refractivity contribution is 0.131. The summed E-state index contributed by atoms with van der Waals surface area (Å²) < 4.78 is 5.21. The molecule has 0 bridgehead atoms. The van der Waals surface area contributed by atoms with Crippen molar-refractivity contribution in [1.29, 1.82) is 0 Å². The van der Waals surface area contributed by atoms with Crippen LogP contribution in [0.2, 0.25) is 0 Å². The van der Waals surface area contributed by atoms with Crippen molar-refractivity contribution >= 4 is 6.03 Å². The van der Waals surface area contributed by atoms with Crippen LogP contribution < -0.4 is 5.32 Å². The maximum atomic E-state index is 12.3. The van der Waals surface area contributed by atoms with Gasteiger partial charge in [0, 0.05) is 25.3 Å². The third-order valence-corrected chi connectivity index (χ3v) is 3.93. The first-order valence-electron chi connectivity index (χ1n) is 7.72. The SMILES string of the molecule is CC(C)c1cc(CNC(=O)N2CCCCC2CCO)on1. The highest BCUT2D eigenvalue weighted by Crippen LogP contribution is 2.19. The monoisotopic (exact) mass is 295 g/mol. The van der Waals surface area contributed by atoms with Gasteiger partial charge in [-0.15, -0.1) is 0 Å². The van der Waals surface area contributed by atoms with Gasteiger partial charge in [0.05, 0.1) is 12.2 Å². The molecule has 1 aromatic rings. The Labute approximate surface area is 125 Å². The van der Waals surface area contributed by atoms with Gasteiger partial charge in [-0.25, -0.2) is 4.79 Å². The summed E-state index contributed by atoms with van der Waals surface area (Å²) in [6, 6.07) is 1.94. The van der Waals surface area contributed by atoms with E-state index in [1.165, 1.54) is 0 Å². The standard InChI is InChI=1S/C15H25N3O3/c1-11(2)14-9-13(21-17-14)10-16-15(20)18-7-4-3-5-12(18)6-8-19/h9,11-12,19H,3-8,10H2,1-2H3,(H,16,20). The fourth-order valence-electron chi connectivity index (χ4n) is 2.67. The number of hydrogen-bond acceptors (Lipinski definition) is 4. The summed E-state index contributed by atoms with van der Waals surface area (Å²) in [6.07, 6.45) is 3.75. The maximum Gasteiger partial charge on any atom is 0.318 e. The zero-order valence-corrected chi connectivity index (χ0v) is 12.8. The van der Waals surface area contributed by atoms with Crippen LogP contribution in [-0.4, -0.2) is 40.4 Å². The molecule has 2 heterocycles. The molecule has 1 saturated heterocycles. The van der Waals surface area contributed by atoms with E-state index in [1.807, 2.05) is 24.8 Å². The van der Waals surface area contributed by atoms with Crippen LogP contribution in [0.15, 0.2) is 10.6 Å². The highest BCUT2D eigenvalue weighted by atomic mass is 16.5. The van der Waals surface area contributed by atoms with E-state index in [0.717, 1.165) is 31.5 Å². The van der Waals surface area contributed by atoms with Gasteiger partial charge in [0.2, 0.25) is 0 Å². The van der Waals surface area contributed by atoms with E-state index in [9.17, 15) is 4.79 Å². The Balaban J connectivity index is 1.87. The number of aliphatic hydroxyl groups is 1. The number of rotatable bonds is 5. The van der Waals surface area contributed by atoms with Gasteiger partial charge in [-0.3, -0.25) is 0 Å². The molecule has 2 amide bonds. The maximum absolute atomic E-state index is 12.3. The third-order valence-electron chi connectivity index (χ3n) is 3.93. The van der Waals surface area contributed by atoms with Crippen molar-refractivity contribution in [2.75, 3.05) is 13.2 Å². The highest BCUT2D eigenvalue weighted by Gasteiger charge is 2.26. The number of aromatic nitrogens is 1. The molecule has 0 spiro atoms. The van der Waals surface area contributed by atoms with Crippen LogP contribution in [0.1, 0.15) is 56.9 Å². The summed E-state index contributed by atoms with van der Waals surface area (Å²) in [4.78, 5) is 14.1. The van der Waals surface area contributed by atoms with Gasteiger partial charge in [0.15, 0.2) is 5.76 Å². The van der Waals surface area contributed by atoms with Gasteiger partial charge >= 0.3 is 6.03 Å². The molecule has 0 saturated carbocycles. The predicted molar refractivity (Wildman–Crippen MR) is 78.9 cm³/mol. The van der Waals surface area contributed by atoms with Crippen molar-refractivity contribution in [3.63, 3.8) is 0 Å². The first kappa shape index (κ1) is 15.8. The van der Waals surface area contributed by atoms with Crippen LogP contribution in [0, 0.1) is 0 Å². The van der Waals surface area contributed by atoms with Gasteiger partial charge in [-0.05, 0) is 31.6 Å². The second kappa shape index (κ2) is 7.45. The Morgan fingerprint density at radius 2 is 2.38 bits per heavy atom. The number of likely N-dealkylation sites (tertiary alicyclic amines) is 1. The average Bonchev–Trinajstić information content (AvgIpc) is 2.95. The Morgan fingerprint density at radius 1 is 1.57 bits per heavy atom. The third kappa shape index (κ3) is 4.20. The molecule has 6 nitrogen and oxygen atoms in total. The summed E-state index contributed by atoms with van der Waals surface area (Å²) >= 11 is 0. The van der Waals surface area contributed by atoms with Crippen LogP contribution in [0.4, 0.5) is 4.79 Å². The van der Waals surface area contributed by atoms with Crippen LogP contribution >= 0.6 is 0 Å². The number of hydrogen-bond donors (Lipinski definition) is 2. The number of nitrogens with one attached hydrogen (secondary N) is 1. The van der Waals surface area contributed by atoms with Crippen LogP contribution in [0.3, 0.4) is 0 Å². The first-order chi connectivity index (χ1) is 10.1. The smallest absolute Gasteiger partial charge is 0.318 e. The van der Waals surface area contributed by atoms with Crippen molar-refractivity contribution < 1.29 is 14.4 Å². The van der Waals surface area contributed by atoms with E-state index >= 15 is 0 Å². The van der Waals surface area contributed by atoms with E-state index in [0.29, 0.717) is 24.6 Å². The van der Waals surface area contributed by atoms with E-state index in [4.69, 9.17) is 9.63 Å². The normalized spacial score (nSPS) is 19.0. The largest absolute Gasteiger partial charge is 0.396 e. The lowest BCUT2D eigenvalue weighted by Crippen LogP contribution is -2.48. The molecule has 2 rings (SSSR count). The fraction of sp³-hybridized carbons (Fsp3) is 0.733. The summed E-state index contributed by atoms with van der Waals surface area (Å²) in [6.45, 7) is 5.32. The summed E-state index contributed by atoms with van der Waals surface area (Å²) in [5.41, 5.74) is 0.898.